The zero-order valence-corrected chi connectivity index (χ0v) is 22.3. The van der Waals surface area contributed by atoms with Gasteiger partial charge in [0.05, 0.1) is 17.2 Å². The molecule has 2 heterocycles. The van der Waals surface area contributed by atoms with E-state index in [4.69, 9.17) is 0 Å². The second-order valence-corrected chi connectivity index (χ2v) is 10.1. The van der Waals surface area contributed by atoms with Gasteiger partial charge in [0.1, 0.15) is 0 Å². The zero-order chi connectivity index (χ0) is 27.5. The van der Waals surface area contributed by atoms with Crippen LogP contribution in [0.25, 0.3) is 5.69 Å². The Bertz CT molecular complexity index is 1580. The average Bonchev–Trinajstić information content (AvgIpc) is 3.54. The lowest BCUT2D eigenvalue weighted by atomic mass is 10.1. The molecule has 2 amide bonds. The number of hydrogen-bond acceptors (Lipinski definition) is 7. The van der Waals surface area contributed by atoms with E-state index in [0.29, 0.717) is 23.1 Å². The summed E-state index contributed by atoms with van der Waals surface area (Å²) in [6.45, 7) is 4.21. The first-order valence-corrected chi connectivity index (χ1v) is 13.4. The van der Waals surface area contributed by atoms with Crippen LogP contribution >= 0.6 is 11.8 Å². The quantitative estimate of drug-likeness (QED) is 0.199. The van der Waals surface area contributed by atoms with Crippen molar-refractivity contribution in [2.75, 3.05) is 17.2 Å². The lowest BCUT2D eigenvalue weighted by Crippen LogP contribution is -2.30. The first kappa shape index (κ1) is 26.1. The third-order valence-corrected chi connectivity index (χ3v) is 7.54. The third-order valence-electron chi connectivity index (χ3n) is 6.63. The predicted molar refractivity (Wildman–Crippen MR) is 148 cm³/mol. The fourth-order valence-electron chi connectivity index (χ4n) is 4.66. The van der Waals surface area contributed by atoms with E-state index < -0.39 is 10.8 Å². The first-order chi connectivity index (χ1) is 18.8. The molecule has 1 aliphatic heterocycles. The Morgan fingerprint density at radius 2 is 1.85 bits per heavy atom. The summed E-state index contributed by atoms with van der Waals surface area (Å²) in [7, 11) is 0. The first-order valence-electron chi connectivity index (χ1n) is 12.4. The number of aromatic nitrogens is 3. The molecule has 0 radical (unpaired) electrons. The molecule has 1 N–H and O–H groups in total. The van der Waals surface area contributed by atoms with Crippen LogP contribution in [0.4, 0.5) is 11.4 Å². The third kappa shape index (κ3) is 5.39. The molecular weight excluding hydrogens is 516 g/mol. The van der Waals surface area contributed by atoms with Gasteiger partial charge in [0.2, 0.25) is 5.91 Å². The topological polar surface area (TPSA) is 123 Å². The molecule has 1 aliphatic rings. The van der Waals surface area contributed by atoms with Gasteiger partial charge in [-0.15, -0.1) is 10.2 Å². The fraction of sp³-hybridized carbons (Fsp3) is 0.214. The monoisotopic (exact) mass is 542 g/mol. The molecular formula is C28H26N6O4S. The summed E-state index contributed by atoms with van der Waals surface area (Å²) >= 11 is 1.29. The summed E-state index contributed by atoms with van der Waals surface area (Å²) in [5, 5.41) is 23.3. The number of nitrogens with zero attached hydrogens (tertiary/aromatic N) is 5. The van der Waals surface area contributed by atoms with Crippen molar-refractivity contribution in [3.63, 3.8) is 0 Å². The highest BCUT2D eigenvalue weighted by atomic mass is 32.2. The number of carbonyl (C=O) groups is 2. The molecule has 5 rings (SSSR count). The van der Waals surface area contributed by atoms with Gasteiger partial charge < -0.3 is 10.2 Å². The van der Waals surface area contributed by atoms with Gasteiger partial charge in [-0.2, -0.15) is 0 Å². The number of fused-ring (bicyclic) bond motifs is 1. The number of nitro groups is 1. The maximum absolute atomic E-state index is 13.1. The molecule has 0 saturated carbocycles. The molecule has 11 heteroatoms. The number of para-hydroxylation sites is 1. The number of benzene rings is 3. The highest BCUT2D eigenvalue weighted by molar-refractivity contribution is 7.99. The van der Waals surface area contributed by atoms with Crippen molar-refractivity contribution in [2.24, 2.45) is 0 Å². The summed E-state index contributed by atoms with van der Waals surface area (Å²) in [6.07, 6.45) is 0.833. The van der Waals surface area contributed by atoms with Crippen molar-refractivity contribution in [3.05, 3.63) is 105 Å². The SMILES string of the molecule is Cc1cccc(-n2c(CNC(=O)c3cccc([N+](=O)[O-])c3C)nnc2SCC(=O)N2CCc3ccccc32)c1. The van der Waals surface area contributed by atoms with Crippen molar-refractivity contribution in [3.8, 4) is 5.69 Å². The molecule has 3 aromatic carbocycles. The second kappa shape index (κ2) is 11.1. The molecule has 0 fully saturated rings. The molecule has 1 aromatic heterocycles. The van der Waals surface area contributed by atoms with E-state index in [-0.39, 0.29) is 29.5 Å². The Hall–Kier alpha value is -4.51. The van der Waals surface area contributed by atoms with Crippen LogP contribution in [0.3, 0.4) is 0 Å². The van der Waals surface area contributed by atoms with Gasteiger partial charge >= 0.3 is 0 Å². The smallest absolute Gasteiger partial charge is 0.273 e. The summed E-state index contributed by atoms with van der Waals surface area (Å²) in [4.78, 5) is 38.6. The number of thioether (sulfide) groups is 1. The molecule has 0 aliphatic carbocycles. The van der Waals surface area contributed by atoms with E-state index >= 15 is 0 Å². The fourth-order valence-corrected chi connectivity index (χ4v) is 5.50. The Labute approximate surface area is 229 Å². The minimum Gasteiger partial charge on any atom is -0.345 e. The van der Waals surface area contributed by atoms with E-state index in [1.54, 1.807) is 17.9 Å². The van der Waals surface area contributed by atoms with Gasteiger partial charge in [0, 0.05) is 35.1 Å². The highest BCUT2D eigenvalue weighted by Crippen LogP contribution is 2.29. The van der Waals surface area contributed by atoms with Crippen LogP contribution in [-0.4, -0.2) is 43.8 Å². The van der Waals surface area contributed by atoms with Crippen molar-refractivity contribution in [1.29, 1.82) is 0 Å². The van der Waals surface area contributed by atoms with Crippen molar-refractivity contribution in [1.82, 2.24) is 20.1 Å². The predicted octanol–water partition coefficient (Wildman–Crippen LogP) is 4.40. The largest absolute Gasteiger partial charge is 0.345 e. The molecule has 0 spiro atoms. The van der Waals surface area contributed by atoms with Gasteiger partial charge in [-0.1, -0.05) is 48.2 Å². The summed E-state index contributed by atoms with van der Waals surface area (Å²) in [5.74, 6) is 0.183. The lowest BCUT2D eigenvalue weighted by Gasteiger charge is -2.17. The standard InChI is InChI=1S/C28H26N6O4S/c1-18-7-5-9-21(15-18)33-25(16-29-27(36)22-10-6-12-23(19(22)2)34(37)38)30-31-28(33)39-17-26(35)32-14-13-20-8-3-4-11-24(20)32/h3-12,15H,13-14,16-17H2,1-2H3,(H,29,36). The number of aryl methyl sites for hydroxylation is 1. The molecule has 0 bridgehead atoms. The van der Waals surface area contributed by atoms with Gasteiger partial charge in [-0.25, -0.2) is 0 Å². The Balaban J connectivity index is 1.36. The number of nitro benzene ring substituents is 1. The van der Waals surface area contributed by atoms with Crippen molar-refractivity contribution in [2.45, 2.75) is 32.0 Å². The molecule has 0 saturated heterocycles. The van der Waals surface area contributed by atoms with Crippen LogP contribution in [0.5, 0.6) is 0 Å². The van der Waals surface area contributed by atoms with Crippen LogP contribution in [0.1, 0.15) is 32.9 Å². The molecule has 198 valence electrons. The molecule has 0 atom stereocenters. The average molecular weight is 543 g/mol. The van der Waals surface area contributed by atoms with Crippen molar-refractivity contribution < 1.29 is 14.5 Å². The van der Waals surface area contributed by atoms with E-state index in [2.05, 4.69) is 15.5 Å². The lowest BCUT2D eigenvalue weighted by molar-refractivity contribution is -0.385. The van der Waals surface area contributed by atoms with Gasteiger partial charge in [0.15, 0.2) is 11.0 Å². The minimum atomic E-state index is -0.508. The highest BCUT2D eigenvalue weighted by Gasteiger charge is 2.25. The zero-order valence-electron chi connectivity index (χ0n) is 21.5. The Morgan fingerprint density at radius 1 is 1.05 bits per heavy atom. The van der Waals surface area contributed by atoms with Gasteiger partial charge in [-0.3, -0.25) is 24.3 Å². The summed E-state index contributed by atoms with van der Waals surface area (Å²) in [5.41, 5.74) is 4.34. The van der Waals surface area contributed by atoms with Crippen LogP contribution in [0, 0.1) is 24.0 Å². The van der Waals surface area contributed by atoms with Crippen LogP contribution in [0.15, 0.2) is 71.9 Å². The maximum Gasteiger partial charge on any atom is 0.273 e. The maximum atomic E-state index is 13.1. The van der Waals surface area contributed by atoms with E-state index in [9.17, 15) is 19.7 Å². The van der Waals surface area contributed by atoms with Gasteiger partial charge in [-0.05, 0) is 55.7 Å². The number of carbonyl (C=O) groups excluding carboxylic acids is 2. The second-order valence-electron chi connectivity index (χ2n) is 9.18. The summed E-state index contributed by atoms with van der Waals surface area (Å²) in [6, 6.07) is 20.1. The molecule has 39 heavy (non-hydrogen) atoms. The molecule has 10 nitrogen and oxygen atoms in total. The van der Waals surface area contributed by atoms with E-state index in [0.717, 1.165) is 28.9 Å². The molecule has 0 unspecified atom stereocenters. The molecule has 4 aromatic rings. The van der Waals surface area contributed by atoms with Crippen molar-refractivity contribution >= 4 is 35.0 Å². The van der Waals surface area contributed by atoms with E-state index in [1.807, 2.05) is 60.0 Å². The number of rotatable bonds is 8. The Kier molecular flexibility index (Phi) is 7.42. The van der Waals surface area contributed by atoms with Crippen LogP contribution in [-0.2, 0) is 17.8 Å². The normalized spacial score (nSPS) is 12.3. The number of hydrogen-bond donors (Lipinski definition) is 1. The number of nitrogens with one attached hydrogen (secondary N) is 1. The van der Waals surface area contributed by atoms with Gasteiger partial charge in [0.25, 0.3) is 11.6 Å². The number of anilines is 1. The Morgan fingerprint density at radius 3 is 2.64 bits per heavy atom. The van der Waals surface area contributed by atoms with Crippen LogP contribution in [0.2, 0.25) is 0 Å². The van der Waals surface area contributed by atoms with E-state index in [1.165, 1.54) is 23.9 Å². The van der Waals surface area contributed by atoms with Crippen LogP contribution < -0.4 is 10.2 Å². The number of amides is 2. The summed E-state index contributed by atoms with van der Waals surface area (Å²) < 4.78 is 1.82. The minimum absolute atomic E-state index is 0.0141.